The van der Waals surface area contributed by atoms with E-state index in [2.05, 4.69) is 0 Å². The summed E-state index contributed by atoms with van der Waals surface area (Å²) < 4.78 is 36.3. The average Bonchev–Trinajstić information content (AvgIpc) is 2.14. The second-order valence-corrected chi connectivity index (χ2v) is 5.21. The van der Waals surface area contributed by atoms with Crippen LogP contribution in [-0.4, -0.2) is 11.3 Å². The van der Waals surface area contributed by atoms with E-state index in [4.69, 9.17) is 0 Å². The minimum atomic E-state index is -4.35. The van der Waals surface area contributed by atoms with Gasteiger partial charge in [-0.1, -0.05) is 45.0 Å². The van der Waals surface area contributed by atoms with Gasteiger partial charge in [0.2, 0.25) is 0 Å². The molecule has 0 aliphatic carbocycles. The maximum atomic E-state index is 12.1. The Kier molecular flexibility index (Phi) is 3.87. The fourth-order valence-electron chi connectivity index (χ4n) is 1.54. The van der Waals surface area contributed by atoms with Crippen molar-refractivity contribution in [1.82, 2.24) is 0 Å². The highest BCUT2D eigenvalue weighted by Crippen LogP contribution is 2.30. The van der Waals surface area contributed by atoms with Gasteiger partial charge in [-0.25, -0.2) is 0 Å². The molecule has 0 saturated carbocycles. The van der Waals surface area contributed by atoms with Gasteiger partial charge in [-0.05, 0) is 16.5 Å². The van der Waals surface area contributed by atoms with Gasteiger partial charge >= 0.3 is 6.18 Å². The Bertz CT molecular complexity index is 360. The largest absolute Gasteiger partial charge is 0.391 e. The molecule has 0 amide bonds. The van der Waals surface area contributed by atoms with Crippen molar-refractivity contribution in [3.8, 4) is 0 Å². The first-order valence-electron chi connectivity index (χ1n) is 5.45. The first-order chi connectivity index (χ1) is 7.59. The van der Waals surface area contributed by atoms with Gasteiger partial charge in [0.25, 0.3) is 0 Å². The molecule has 1 N–H and O–H groups in total. The predicted molar refractivity (Wildman–Crippen MR) is 60.8 cm³/mol. The van der Waals surface area contributed by atoms with Crippen molar-refractivity contribution in [2.24, 2.45) is 0 Å². The first kappa shape index (κ1) is 14.0. The maximum Gasteiger partial charge on any atom is 0.391 e. The number of halogens is 3. The van der Waals surface area contributed by atoms with Crippen molar-refractivity contribution < 1.29 is 18.3 Å². The molecule has 0 radical (unpaired) electrons. The molecule has 1 nitrogen and oxygen atoms in total. The quantitative estimate of drug-likeness (QED) is 0.837. The lowest BCUT2D eigenvalue weighted by atomic mass is 9.86. The third-order valence-electron chi connectivity index (χ3n) is 2.59. The summed E-state index contributed by atoms with van der Waals surface area (Å²) in [7, 11) is 0. The Morgan fingerprint density at radius 1 is 1.06 bits per heavy atom. The lowest BCUT2D eigenvalue weighted by Crippen LogP contribution is -2.14. The average molecular weight is 246 g/mol. The maximum absolute atomic E-state index is 12.1. The molecule has 0 aliphatic rings. The summed E-state index contributed by atoms with van der Waals surface area (Å²) in [6.45, 7) is 6.07. The zero-order chi connectivity index (χ0) is 13.3. The van der Waals surface area contributed by atoms with E-state index < -0.39 is 18.7 Å². The normalized spacial score (nSPS) is 14.8. The van der Waals surface area contributed by atoms with E-state index in [1.165, 1.54) is 0 Å². The Morgan fingerprint density at radius 2 is 1.53 bits per heavy atom. The number of rotatable bonds is 2. The highest BCUT2D eigenvalue weighted by atomic mass is 19.4. The van der Waals surface area contributed by atoms with E-state index in [1.54, 1.807) is 24.3 Å². The van der Waals surface area contributed by atoms with Crippen molar-refractivity contribution in [2.45, 2.75) is 44.9 Å². The van der Waals surface area contributed by atoms with Crippen LogP contribution in [0.15, 0.2) is 24.3 Å². The number of aliphatic hydroxyl groups excluding tert-OH is 1. The zero-order valence-corrected chi connectivity index (χ0v) is 10.2. The molecule has 0 aromatic heterocycles. The molecule has 1 atom stereocenters. The van der Waals surface area contributed by atoms with Crippen LogP contribution < -0.4 is 0 Å². The second kappa shape index (κ2) is 4.69. The molecule has 0 spiro atoms. The Hall–Kier alpha value is -1.03. The molecule has 0 bridgehead atoms. The minimum Gasteiger partial charge on any atom is -0.388 e. The van der Waals surface area contributed by atoms with Crippen LogP contribution >= 0.6 is 0 Å². The molecule has 1 rings (SSSR count). The standard InChI is InChI=1S/C13H17F3O/c1-12(2,3)10-6-4-9(5-7-10)11(17)8-13(14,15)16/h4-7,11,17H,8H2,1-3H3. The van der Waals surface area contributed by atoms with Gasteiger partial charge in [-0.2, -0.15) is 13.2 Å². The van der Waals surface area contributed by atoms with E-state index in [-0.39, 0.29) is 5.41 Å². The molecule has 1 aromatic rings. The molecular formula is C13H17F3O. The molecule has 4 heteroatoms. The summed E-state index contributed by atoms with van der Waals surface area (Å²) in [6.07, 6.45) is -7.03. The summed E-state index contributed by atoms with van der Waals surface area (Å²) in [5.74, 6) is 0. The van der Waals surface area contributed by atoms with Crippen LogP contribution in [-0.2, 0) is 5.41 Å². The van der Waals surface area contributed by atoms with Gasteiger partial charge in [0.15, 0.2) is 0 Å². The Morgan fingerprint density at radius 3 is 1.88 bits per heavy atom. The van der Waals surface area contributed by atoms with Crippen LogP contribution in [0.3, 0.4) is 0 Å². The van der Waals surface area contributed by atoms with Crippen molar-refractivity contribution in [2.75, 3.05) is 0 Å². The summed E-state index contributed by atoms with van der Waals surface area (Å²) in [5, 5.41) is 9.43. The Labute approximate surface area is 99.3 Å². The van der Waals surface area contributed by atoms with E-state index in [0.29, 0.717) is 5.56 Å². The number of benzene rings is 1. The van der Waals surface area contributed by atoms with Crippen molar-refractivity contribution >= 4 is 0 Å². The summed E-state index contributed by atoms with van der Waals surface area (Å²) in [4.78, 5) is 0. The molecule has 0 aliphatic heterocycles. The van der Waals surface area contributed by atoms with E-state index in [1.807, 2.05) is 20.8 Å². The highest BCUT2D eigenvalue weighted by molar-refractivity contribution is 5.28. The number of alkyl halides is 3. The molecule has 1 unspecified atom stereocenters. The highest BCUT2D eigenvalue weighted by Gasteiger charge is 2.31. The fourth-order valence-corrected chi connectivity index (χ4v) is 1.54. The van der Waals surface area contributed by atoms with Crippen LogP contribution in [0.5, 0.6) is 0 Å². The van der Waals surface area contributed by atoms with Gasteiger partial charge in [-0.3, -0.25) is 0 Å². The van der Waals surface area contributed by atoms with Crippen LogP contribution in [0, 0.1) is 0 Å². The molecule has 1 aromatic carbocycles. The van der Waals surface area contributed by atoms with Gasteiger partial charge in [-0.15, -0.1) is 0 Å². The van der Waals surface area contributed by atoms with Gasteiger partial charge in [0, 0.05) is 0 Å². The first-order valence-corrected chi connectivity index (χ1v) is 5.45. The van der Waals surface area contributed by atoms with Crippen LogP contribution in [0.4, 0.5) is 13.2 Å². The van der Waals surface area contributed by atoms with Crippen LogP contribution in [0.1, 0.15) is 44.4 Å². The molecule has 17 heavy (non-hydrogen) atoms. The van der Waals surface area contributed by atoms with Gasteiger partial charge < -0.3 is 5.11 Å². The van der Waals surface area contributed by atoms with Crippen molar-refractivity contribution in [1.29, 1.82) is 0 Å². The lowest BCUT2D eigenvalue weighted by Gasteiger charge is -2.20. The molecule has 0 saturated heterocycles. The van der Waals surface area contributed by atoms with Gasteiger partial charge in [0.1, 0.15) is 0 Å². The van der Waals surface area contributed by atoms with Crippen LogP contribution in [0.25, 0.3) is 0 Å². The van der Waals surface area contributed by atoms with E-state index >= 15 is 0 Å². The number of hydrogen-bond acceptors (Lipinski definition) is 1. The topological polar surface area (TPSA) is 20.2 Å². The third kappa shape index (κ3) is 4.38. The van der Waals surface area contributed by atoms with Crippen molar-refractivity contribution in [3.63, 3.8) is 0 Å². The molecule has 96 valence electrons. The Balaban J connectivity index is 2.81. The zero-order valence-electron chi connectivity index (χ0n) is 10.2. The lowest BCUT2D eigenvalue weighted by molar-refractivity contribution is -0.154. The number of hydrogen-bond donors (Lipinski definition) is 1. The summed E-state index contributed by atoms with van der Waals surface area (Å²) in [6, 6.07) is 6.62. The SMILES string of the molecule is CC(C)(C)c1ccc(C(O)CC(F)(F)F)cc1. The molecule has 0 heterocycles. The summed E-state index contributed by atoms with van der Waals surface area (Å²) >= 11 is 0. The minimum absolute atomic E-state index is 0.0481. The van der Waals surface area contributed by atoms with Gasteiger partial charge in [0.05, 0.1) is 12.5 Å². The van der Waals surface area contributed by atoms with E-state index in [9.17, 15) is 18.3 Å². The fraction of sp³-hybridized carbons (Fsp3) is 0.538. The molecular weight excluding hydrogens is 229 g/mol. The van der Waals surface area contributed by atoms with Crippen LogP contribution in [0.2, 0.25) is 0 Å². The third-order valence-corrected chi connectivity index (χ3v) is 2.59. The predicted octanol–water partition coefficient (Wildman–Crippen LogP) is 3.97. The van der Waals surface area contributed by atoms with Crippen molar-refractivity contribution in [3.05, 3.63) is 35.4 Å². The smallest absolute Gasteiger partial charge is 0.388 e. The summed E-state index contributed by atoms with van der Waals surface area (Å²) in [5.41, 5.74) is 1.28. The molecule has 0 fully saturated rings. The second-order valence-electron chi connectivity index (χ2n) is 5.21. The number of aliphatic hydroxyl groups is 1. The van der Waals surface area contributed by atoms with E-state index in [0.717, 1.165) is 5.56 Å². The monoisotopic (exact) mass is 246 g/mol.